The van der Waals surface area contributed by atoms with Gasteiger partial charge in [-0.15, -0.1) is 0 Å². The fraction of sp³-hybridized carbons (Fsp3) is 0.250. The third-order valence-corrected chi connectivity index (χ3v) is 5.71. The highest BCUT2D eigenvalue weighted by Crippen LogP contribution is 2.29. The van der Waals surface area contributed by atoms with Gasteiger partial charge in [0.25, 0.3) is 17.5 Å². The van der Waals surface area contributed by atoms with Gasteiger partial charge in [-0.05, 0) is 36.4 Å². The molecule has 0 aromatic heterocycles. The smallest absolute Gasteiger partial charge is 0.321 e. The van der Waals surface area contributed by atoms with E-state index in [9.17, 15) is 32.9 Å². The van der Waals surface area contributed by atoms with E-state index in [4.69, 9.17) is 4.74 Å². The number of benzene rings is 2. The molecule has 13 nitrogen and oxygen atoms in total. The first-order valence-electron chi connectivity index (χ1n) is 9.54. The number of amides is 2. The van der Waals surface area contributed by atoms with Crippen LogP contribution in [0.5, 0.6) is 5.75 Å². The van der Waals surface area contributed by atoms with Crippen LogP contribution in [0, 0.1) is 10.1 Å². The predicted octanol–water partition coefficient (Wildman–Crippen LogP) is 0.448. The fourth-order valence-corrected chi connectivity index (χ4v) is 3.59. The highest BCUT2D eigenvalue weighted by atomic mass is 32.2. The Morgan fingerprint density at radius 3 is 2.29 bits per heavy atom. The van der Waals surface area contributed by atoms with Gasteiger partial charge in [-0.3, -0.25) is 29.8 Å². The van der Waals surface area contributed by atoms with E-state index in [1.165, 1.54) is 42.3 Å². The molecule has 0 heterocycles. The molecule has 0 saturated heterocycles. The number of carbonyl (C=O) groups is 3. The first-order valence-corrected chi connectivity index (χ1v) is 11.0. The van der Waals surface area contributed by atoms with E-state index in [0.717, 1.165) is 12.1 Å². The Morgan fingerprint density at radius 1 is 1.09 bits per heavy atom. The summed E-state index contributed by atoms with van der Waals surface area (Å²) in [6.45, 7) is -1.67. The molecule has 14 heteroatoms. The number of ether oxygens (including phenoxy) is 2. The number of rotatable bonds is 10. The molecule has 0 saturated carbocycles. The molecule has 2 N–H and O–H groups in total. The van der Waals surface area contributed by atoms with Gasteiger partial charge in [0, 0.05) is 25.7 Å². The molecule has 2 aromatic carbocycles. The molecule has 34 heavy (non-hydrogen) atoms. The van der Waals surface area contributed by atoms with Gasteiger partial charge in [-0.1, -0.05) is 0 Å². The second-order valence-corrected chi connectivity index (χ2v) is 8.66. The van der Waals surface area contributed by atoms with Crippen LogP contribution < -0.4 is 19.7 Å². The van der Waals surface area contributed by atoms with Crippen molar-refractivity contribution >= 4 is 39.2 Å². The average Bonchev–Trinajstić information content (AvgIpc) is 2.80. The van der Waals surface area contributed by atoms with Crippen molar-refractivity contribution < 1.29 is 37.2 Å². The number of hydrogen-bond donors (Lipinski definition) is 2. The molecule has 0 radical (unpaired) electrons. The van der Waals surface area contributed by atoms with Crippen molar-refractivity contribution in [2.75, 3.05) is 39.3 Å². The monoisotopic (exact) mass is 494 g/mol. The summed E-state index contributed by atoms with van der Waals surface area (Å²) in [6, 6.07) is 9.17. The topological polar surface area (TPSA) is 174 Å². The van der Waals surface area contributed by atoms with E-state index in [1.54, 1.807) is 14.1 Å². The van der Waals surface area contributed by atoms with E-state index < -0.39 is 56.5 Å². The predicted molar refractivity (Wildman–Crippen MR) is 119 cm³/mol. The Hall–Kier alpha value is -4.04. The normalized spacial score (nSPS) is 10.8. The molecule has 0 aliphatic heterocycles. The van der Waals surface area contributed by atoms with Gasteiger partial charge in [0.1, 0.15) is 18.0 Å². The van der Waals surface area contributed by atoms with Gasteiger partial charge in [-0.2, -0.15) is 4.72 Å². The quantitative estimate of drug-likeness (QED) is 0.268. The lowest BCUT2D eigenvalue weighted by Crippen LogP contribution is -2.36. The second kappa shape index (κ2) is 11.2. The van der Waals surface area contributed by atoms with Crippen molar-refractivity contribution in [3.63, 3.8) is 0 Å². The lowest BCUT2D eigenvalue weighted by atomic mass is 10.2. The number of nitrogens with zero attached hydrogens (tertiary/aromatic N) is 2. The van der Waals surface area contributed by atoms with Crippen molar-refractivity contribution in [3.05, 3.63) is 58.1 Å². The second-order valence-electron chi connectivity index (χ2n) is 6.89. The molecule has 0 atom stereocenters. The molecule has 0 fully saturated rings. The van der Waals surface area contributed by atoms with Crippen LogP contribution in [0.3, 0.4) is 0 Å². The van der Waals surface area contributed by atoms with E-state index in [1.807, 2.05) is 10.0 Å². The number of nitro groups is 1. The molecule has 182 valence electrons. The van der Waals surface area contributed by atoms with E-state index in [-0.39, 0.29) is 11.3 Å². The summed E-state index contributed by atoms with van der Waals surface area (Å²) in [7, 11) is 0.286. The number of hydrogen-bond acceptors (Lipinski definition) is 10. The van der Waals surface area contributed by atoms with Crippen LogP contribution in [-0.2, 0) is 24.3 Å². The van der Waals surface area contributed by atoms with Gasteiger partial charge >= 0.3 is 5.97 Å². The molecule has 2 amide bonds. The molecule has 0 bridgehead atoms. The van der Waals surface area contributed by atoms with Gasteiger partial charge in [0.15, 0.2) is 6.61 Å². The van der Waals surface area contributed by atoms with E-state index in [2.05, 4.69) is 4.74 Å². The van der Waals surface area contributed by atoms with Gasteiger partial charge in [0.2, 0.25) is 10.0 Å². The van der Waals surface area contributed by atoms with Gasteiger partial charge < -0.3 is 14.4 Å². The summed E-state index contributed by atoms with van der Waals surface area (Å²) in [4.78, 5) is 47.2. The van der Waals surface area contributed by atoms with Crippen molar-refractivity contribution in [1.29, 1.82) is 0 Å². The molecule has 0 aliphatic carbocycles. The van der Waals surface area contributed by atoms with Crippen LogP contribution in [-0.4, -0.2) is 65.5 Å². The maximum absolute atomic E-state index is 12.4. The number of anilines is 1. The molecule has 2 rings (SSSR count). The average molecular weight is 494 g/mol. The Balaban J connectivity index is 1.90. The van der Waals surface area contributed by atoms with Crippen LogP contribution in [0.25, 0.3) is 0 Å². The Bertz CT molecular complexity index is 1200. The van der Waals surface area contributed by atoms with Gasteiger partial charge in [0.05, 0.1) is 16.9 Å². The van der Waals surface area contributed by atoms with Crippen molar-refractivity contribution in [1.82, 2.24) is 10.0 Å². The van der Waals surface area contributed by atoms with E-state index >= 15 is 0 Å². The highest BCUT2D eigenvalue weighted by Gasteiger charge is 2.23. The third-order valence-electron chi connectivity index (χ3n) is 4.31. The first kappa shape index (κ1) is 26.2. The zero-order valence-electron chi connectivity index (χ0n) is 18.4. The number of carbonyl (C=O) groups excluding carboxylic acids is 3. The fourth-order valence-electron chi connectivity index (χ4n) is 2.61. The van der Waals surface area contributed by atoms with E-state index in [0.29, 0.717) is 5.75 Å². The Morgan fingerprint density at radius 2 is 1.74 bits per heavy atom. The van der Waals surface area contributed by atoms with Crippen LogP contribution in [0.4, 0.5) is 11.4 Å². The summed E-state index contributed by atoms with van der Waals surface area (Å²) in [5.74, 6) is -2.24. The summed E-state index contributed by atoms with van der Waals surface area (Å²) in [6.07, 6.45) is 0. The minimum Gasteiger partial charge on any atom is -0.497 e. The van der Waals surface area contributed by atoms with Crippen LogP contribution in [0.15, 0.2) is 47.4 Å². The summed E-state index contributed by atoms with van der Waals surface area (Å²) in [5, 5.41) is 13.3. The van der Waals surface area contributed by atoms with Crippen LogP contribution in [0.1, 0.15) is 10.4 Å². The standard InChI is InChI=1S/C20H22N4O9S/c1-23(2)16-9-8-15(10-17(16)24(28)29)34(30,31)21-11-19(26)33-12-18(25)22-20(27)13-4-6-14(32-3)7-5-13/h4-10,21H,11-12H2,1-3H3,(H,22,25,27). The SMILES string of the molecule is COc1ccc(C(=O)NC(=O)COC(=O)CNS(=O)(=O)c2ccc(N(C)C)c([N+](=O)[O-])c2)cc1. The number of esters is 1. The van der Waals surface area contributed by atoms with Crippen molar-refractivity contribution in [2.45, 2.75) is 4.90 Å². The zero-order chi connectivity index (χ0) is 25.5. The third kappa shape index (κ3) is 6.98. The number of methoxy groups -OCH3 is 1. The lowest BCUT2D eigenvalue weighted by molar-refractivity contribution is -0.384. The number of sulfonamides is 1. The maximum atomic E-state index is 12.4. The molecule has 0 unspecified atom stereocenters. The van der Waals surface area contributed by atoms with Gasteiger partial charge in [-0.25, -0.2) is 8.42 Å². The minimum absolute atomic E-state index is 0.169. The highest BCUT2D eigenvalue weighted by molar-refractivity contribution is 7.89. The lowest BCUT2D eigenvalue weighted by Gasteiger charge is -2.13. The summed E-state index contributed by atoms with van der Waals surface area (Å²) in [5.41, 5.74) is -0.0742. The van der Waals surface area contributed by atoms with Crippen molar-refractivity contribution in [2.24, 2.45) is 0 Å². The molecule has 2 aromatic rings. The van der Waals surface area contributed by atoms with Crippen LogP contribution >= 0.6 is 0 Å². The summed E-state index contributed by atoms with van der Waals surface area (Å²) < 4.78 is 36.3. The molecule has 0 spiro atoms. The van der Waals surface area contributed by atoms with Crippen molar-refractivity contribution in [3.8, 4) is 5.75 Å². The zero-order valence-corrected chi connectivity index (χ0v) is 19.2. The van der Waals surface area contributed by atoms with Crippen LogP contribution in [0.2, 0.25) is 0 Å². The summed E-state index contributed by atoms with van der Waals surface area (Å²) >= 11 is 0. The molecule has 0 aliphatic rings. The number of nitrogens with one attached hydrogen (secondary N) is 2. The number of imide groups is 1. The largest absolute Gasteiger partial charge is 0.497 e. The maximum Gasteiger partial charge on any atom is 0.321 e. The minimum atomic E-state index is -4.29. The first-order chi connectivity index (χ1) is 15.9. The molecular formula is C20H22N4O9S. The number of nitro benzene ring substituents is 1. The Kier molecular flexibility index (Phi) is 8.64. The molecular weight excluding hydrogens is 472 g/mol. The Labute approximate surface area is 194 Å².